The number of hydrogen-bond acceptors (Lipinski definition) is 4. The van der Waals surface area contributed by atoms with E-state index in [0.29, 0.717) is 11.4 Å². The van der Waals surface area contributed by atoms with E-state index in [9.17, 15) is 4.79 Å². The maximum Gasteiger partial charge on any atom is 0.276 e. The number of benzene rings is 3. The molecule has 4 aromatic rings. The van der Waals surface area contributed by atoms with Crippen molar-refractivity contribution in [2.45, 2.75) is 30.4 Å². The molecule has 0 aliphatic heterocycles. The molecule has 0 saturated heterocycles. The van der Waals surface area contributed by atoms with Crippen LogP contribution in [0.5, 0.6) is 5.75 Å². The smallest absolute Gasteiger partial charge is 0.276 e. The summed E-state index contributed by atoms with van der Waals surface area (Å²) in [4.78, 5) is 14.8. The summed E-state index contributed by atoms with van der Waals surface area (Å²) in [5, 5.41) is 8.05. The molecular weight excluding hydrogens is 442 g/mol. The van der Waals surface area contributed by atoms with Crippen LogP contribution in [0.2, 0.25) is 5.02 Å². The van der Waals surface area contributed by atoms with Crippen LogP contribution in [-0.4, -0.2) is 15.7 Å². The van der Waals surface area contributed by atoms with E-state index in [-0.39, 0.29) is 12.6 Å². The lowest BCUT2D eigenvalue weighted by molar-refractivity contribution is 0.102. The second-order valence-electron chi connectivity index (χ2n) is 7.25. The maximum absolute atomic E-state index is 12.8. The average Bonchev–Trinajstić information content (AvgIpc) is 3.27. The fraction of sp³-hybridized carbons (Fsp3) is 0.120. The molecule has 1 N–H and O–H groups in total. The second-order valence-corrected chi connectivity index (χ2v) is 8.74. The van der Waals surface area contributed by atoms with E-state index in [1.54, 1.807) is 28.7 Å². The van der Waals surface area contributed by atoms with Crippen molar-refractivity contribution in [3.8, 4) is 5.75 Å². The van der Waals surface area contributed by atoms with Crippen LogP contribution in [0, 0.1) is 13.8 Å². The molecule has 0 bridgehead atoms. The summed E-state index contributed by atoms with van der Waals surface area (Å²) in [6.45, 7) is 4.06. The van der Waals surface area contributed by atoms with E-state index in [4.69, 9.17) is 16.3 Å². The molecule has 4 rings (SSSR count). The molecular formula is C25H22ClN3O2S. The summed E-state index contributed by atoms with van der Waals surface area (Å²) >= 11 is 7.80. The van der Waals surface area contributed by atoms with Crippen molar-refractivity contribution in [2.24, 2.45) is 0 Å². The summed E-state index contributed by atoms with van der Waals surface area (Å²) in [6.07, 6.45) is 1.72. The molecule has 1 aromatic heterocycles. The normalized spacial score (nSPS) is 10.7. The van der Waals surface area contributed by atoms with Crippen LogP contribution in [0.25, 0.3) is 0 Å². The number of hydrogen-bond donors (Lipinski definition) is 1. The number of para-hydroxylation sites is 1. The van der Waals surface area contributed by atoms with E-state index < -0.39 is 0 Å². The van der Waals surface area contributed by atoms with Crippen LogP contribution in [-0.2, 0) is 6.73 Å². The topological polar surface area (TPSA) is 56.1 Å². The van der Waals surface area contributed by atoms with Crippen LogP contribution >= 0.6 is 23.4 Å². The molecule has 5 nitrogen and oxygen atoms in total. The third-order valence-electron chi connectivity index (χ3n) is 4.75. The Hall–Kier alpha value is -3.22. The fourth-order valence-electron chi connectivity index (χ4n) is 3.15. The van der Waals surface area contributed by atoms with Gasteiger partial charge < -0.3 is 10.1 Å². The molecule has 0 aliphatic carbocycles. The molecule has 3 aromatic carbocycles. The van der Waals surface area contributed by atoms with E-state index in [0.717, 1.165) is 31.6 Å². The number of nitrogens with zero attached hydrogens (tertiary/aromatic N) is 2. The van der Waals surface area contributed by atoms with Crippen LogP contribution in [0.3, 0.4) is 0 Å². The van der Waals surface area contributed by atoms with Gasteiger partial charge in [-0.25, -0.2) is 4.68 Å². The van der Waals surface area contributed by atoms with Crippen LogP contribution < -0.4 is 10.1 Å². The monoisotopic (exact) mass is 463 g/mol. The minimum absolute atomic E-state index is 0.189. The molecule has 0 radical (unpaired) electrons. The highest BCUT2D eigenvalue weighted by Crippen LogP contribution is 2.33. The molecule has 0 unspecified atom stereocenters. The van der Waals surface area contributed by atoms with Crippen LogP contribution in [0.4, 0.5) is 5.69 Å². The van der Waals surface area contributed by atoms with E-state index in [1.165, 1.54) is 0 Å². The Morgan fingerprint density at radius 3 is 2.47 bits per heavy atom. The molecule has 0 spiro atoms. The van der Waals surface area contributed by atoms with Crippen molar-refractivity contribution >= 4 is 35.0 Å². The molecule has 7 heteroatoms. The van der Waals surface area contributed by atoms with Crippen molar-refractivity contribution in [1.82, 2.24) is 9.78 Å². The third kappa shape index (κ3) is 5.33. The number of amides is 1. The number of aryl methyl sites for hydroxylation is 2. The Balaban J connectivity index is 1.41. The van der Waals surface area contributed by atoms with Gasteiger partial charge in [-0.15, -0.1) is 0 Å². The van der Waals surface area contributed by atoms with E-state index in [1.807, 2.05) is 80.6 Å². The third-order valence-corrected chi connectivity index (χ3v) is 6.43. The van der Waals surface area contributed by atoms with E-state index >= 15 is 0 Å². The first-order chi connectivity index (χ1) is 15.5. The molecule has 0 aliphatic rings. The summed E-state index contributed by atoms with van der Waals surface area (Å²) in [7, 11) is 0. The first-order valence-corrected chi connectivity index (χ1v) is 11.3. The second kappa shape index (κ2) is 9.94. The highest BCUT2D eigenvalue weighted by molar-refractivity contribution is 7.99. The van der Waals surface area contributed by atoms with Gasteiger partial charge in [-0.3, -0.25) is 4.79 Å². The number of halogens is 1. The number of aromatic nitrogens is 2. The van der Waals surface area contributed by atoms with Crippen molar-refractivity contribution in [3.05, 3.63) is 101 Å². The predicted molar refractivity (Wildman–Crippen MR) is 129 cm³/mol. The van der Waals surface area contributed by atoms with Gasteiger partial charge in [0.15, 0.2) is 12.4 Å². The Kier molecular flexibility index (Phi) is 6.83. The molecule has 0 fully saturated rings. The lowest BCUT2D eigenvalue weighted by Gasteiger charge is -2.10. The Morgan fingerprint density at radius 2 is 1.72 bits per heavy atom. The Labute approximate surface area is 196 Å². The molecule has 0 saturated carbocycles. The van der Waals surface area contributed by atoms with Crippen LogP contribution in [0.1, 0.15) is 21.6 Å². The average molecular weight is 464 g/mol. The number of nitrogens with one attached hydrogen (secondary N) is 1. The van der Waals surface area contributed by atoms with Gasteiger partial charge in [-0.1, -0.05) is 53.7 Å². The van der Waals surface area contributed by atoms with Crippen molar-refractivity contribution in [2.75, 3.05) is 5.32 Å². The Morgan fingerprint density at radius 1 is 1.03 bits per heavy atom. The predicted octanol–water partition coefficient (Wildman–Crippen LogP) is 6.59. The molecule has 1 heterocycles. The highest BCUT2D eigenvalue weighted by Gasteiger charge is 2.13. The van der Waals surface area contributed by atoms with Gasteiger partial charge in [0.25, 0.3) is 5.91 Å². The lowest BCUT2D eigenvalue weighted by Crippen LogP contribution is -2.14. The minimum atomic E-state index is -0.275. The molecule has 1 amide bonds. The largest absolute Gasteiger partial charge is 0.471 e. The number of rotatable bonds is 7. The van der Waals surface area contributed by atoms with Crippen molar-refractivity contribution < 1.29 is 9.53 Å². The summed E-state index contributed by atoms with van der Waals surface area (Å²) < 4.78 is 7.39. The van der Waals surface area contributed by atoms with Gasteiger partial charge in [0, 0.05) is 21.0 Å². The first-order valence-electron chi connectivity index (χ1n) is 10.1. The van der Waals surface area contributed by atoms with Gasteiger partial charge in [0.05, 0.1) is 5.69 Å². The summed E-state index contributed by atoms with van der Waals surface area (Å²) in [5.74, 6) is 0.431. The number of ether oxygens (including phenoxy) is 1. The fourth-order valence-corrected chi connectivity index (χ4v) is 4.18. The molecule has 0 atom stereocenters. The number of anilines is 1. The van der Waals surface area contributed by atoms with Crippen LogP contribution in [0.15, 0.2) is 88.8 Å². The van der Waals surface area contributed by atoms with Crippen molar-refractivity contribution in [1.29, 1.82) is 0 Å². The SMILES string of the molecule is Cc1cc(OCn2ccc(C(=O)Nc3ccccc3Sc3ccccc3)n2)cc(C)c1Cl. The lowest BCUT2D eigenvalue weighted by atomic mass is 10.1. The number of carbonyl (C=O) groups is 1. The first kappa shape index (κ1) is 22.0. The zero-order valence-electron chi connectivity index (χ0n) is 17.7. The summed E-state index contributed by atoms with van der Waals surface area (Å²) in [6, 6.07) is 23.2. The zero-order chi connectivity index (χ0) is 22.5. The zero-order valence-corrected chi connectivity index (χ0v) is 19.3. The van der Waals surface area contributed by atoms with E-state index in [2.05, 4.69) is 10.4 Å². The number of carbonyl (C=O) groups excluding carboxylic acids is 1. The summed E-state index contributed by atoms with van der Waals surface area (Å²) in [5.41, 5.74) is 2.96. The molecule has 32 heavy (non-hydrogen) atoms. The highest BCUT2D eigenvalue weighted by atomic mass is 35.5. The minimum Gasteiger partial charge on any atom is -0.471 e. The van der Waals surface area contributed by atoms with Crippen molar-refractivity contribution in [3.63, 3.8) is 0 Å². The maximum atomic E-state index is 12.8. The van der Waals surface area contributed by atoms with Gasteiger partial charge in [-0.05, 0) is 67.4 Å². The van der Waals surface area contributed by atoms with Gasteiger partial charge >= 0.3 is 0 Å². The van der Waals surface area contributed by atoms with Gasteiger partial charge in [0.1, 0.15) is 5.75 Å². The van der Waals surface area contributed by atoms with Gasteiger partial charge in [-0.2, -0.15) is 5.10 Å². The Bertz CT molecular complexity index is 1220. The quantitative estimate of drug-likeness (QED) is 0.335. The molecule has 162 valence electrons. The van der Waals surface area contributed by atoms with Gasteiger partial charge in [0.2, 0.25) is 0 Å². The standard InChI is InChI=1S/C25H22ClN3O2S/c1-17-14-19(15-18(2)24(17)26)31-16-29-13-12-22(28-29)25(30)27-21-10-6-7-11-23(21)32-20-8-4-3-5-9-20/h3-15H,16H2,1-2H3,(H,27,30).